The largest absolute Gasteiger partial charge is 0.492 e. The summed E-state index contributed by atoms with van der Waals surface area (Å²) in [4.78, 5) is 8.24. The Morgan fingerprint density at radius 3 is 2.68 bits per heavy atom. The molecule has 0 aliphatic heterocycles. The van der Waals surface area contributed by atoms with Gasteiger partial charge in [0, 0.05) is 18.3 Å². The van der Waals surface area contributed by atoms with E-state index in [9.17, 15) is 13.2 Å². The third-order valence-electron chi connectivity index (χ3n) is 4.26. The van der Waals surface area contributed by atoms with E-state index in [4.69, 9.17) is 4.74 Å². The van der Waals surface area contributed by atoms with Crippen molar-refractivity contribution in [1.82, 2.24) is 9.97 Å². The zero-order chi connectivity index (χ0) is 15.6. The van der Waals surface area contributed by atoms with Gasteiger partial charge in [-0.15, -0.1) is 0 Å². The van der Waals surface area contributed by atoms with E-state index in [-0.39, 0.29) is 13.0 Å². The minimum absolute atomic E-state index is 0.0815. The molecule has 22 heavy (non-hydrogen) atoms. The third-order valence-corrected chi connectivity index (χ3v) is 4.26. The van der Waals surface area contributed by atoms with Crippen molar-refractivity contribution >= 4 is 11.0 Å². The van der Waals surface area contributed by atoms with Crippen molar-refractivity contribution in [3.05, 3.63) is 30.6 Å². The summed E-state index contributed by atoms with van der Waals surface area (Å²) in [6.45, 7) is 0.0815. The van der Waals surface area contributed by atoms with Crippen LogP contribution < -0.4 is 4.74 Å². The van der Waals surface area contributed by atoms with Crippen molar-refractivity contribution in [2.45, 2.75) is 31.9 Å². The average Bonchev–Trinajstić information content (AvgIpc) is 2.52. The first kappa shape index (κ1) is 15.1. The maximum atomic E-state index is 13.1. The van der Waals surface area contributed by atoms with Crippen LogP contribution in [0.1, 0.15) is 25.7 Å². The standard InChI is InChI=1S/C16H17F3N2O/c17-16(18,19)13-6-2-1-4-11(13)10-22-14-7-9-21-15-12(14)5-3-8-20-15/h3,5,7-9,11,13H,1-2,4,6,10H2. The van der Waals surface area contributed by atoms with Gasteiger partial charge in [-0.1, -0.05) is 12.8 Å². The zero-order valence-corrected chi connectivity index (χ0v) is 12.0. The van der Waals surface area contributed by atoms with Crippen molar-refractivity contribution in [1.29, 1.82) is 0 Å². The number of hydrogen-bond acceptors (Lipinski definition) is 3. The van der Waals surface area contributed by atoms with Crippen molar-refractivity contribution in [3.63, 3.8) is 0 Å². The number of rotatable bonds is 3. The highest BCUT2D eigenvalue weighted by molar-refractivity contribution is 5.81. The molecule has 2 atom stereocenters. The lowest BCUT2D eigenvalue weighted by Gasteiger charge is -2.32. The van der Waals surface area contributed by atoms with Crippen LogP contribution in [0.4, 0.5) is 13.2 Å². The van der Waals surface area contributed by atoms with E-state index < -0.39 is 18.0 Å². The molecule has 3 rings (SSSR count). The highest BCUT2D eigenvalue weighted by Crippen LogP contribution is 2.41. The first-order valence-corrected chi connectivity index (χ1v) is 7.45. The minimum atomic E-state index is -4.14. The number of aromatic nitrogens is 2. The van der Waals surface area contributed by atoms with Crippen LogP contribution in [0.3, 0.4) is 0 Å². The Morgan fingerprint density at radius 1 is 1.09 bits per heavy atom. The second kappa shape index (κ2) is 6.10. The Hall–Kier alpha value is -1.85. The molecule has 1 fully saturated rings. The molecule has 0 saturated heterocycles. The summed E-state index contributed by atoms with van der Waals surface area (Å²) < 4.78 is 45.0. The second-order valence-electron chi connectivity index (χ2n) is 5.69. The van der Waals surface area contributed by atoms with E-state index in [1.807, 2.05) is 6.07 Å². The number of fused-ring (bicyclic) bond motifs is 1. The topological polar surface area (TPSA) is 35.0 Å². The number of halogens is 3. The van der Waals surface area contributed by atoms with Gasteiger partial charge in [0.05, 0.1) is 17.9 Å². The SMILES string of the molecule is FC(F)(F)C1CCCCC1COc1ccnc2ncccc12. The van der Waals surface area contributed by atoms with Crippen LogP contribution in [0.25, 0.3) is 11.0 Å². The summed E-state index contributed by atoms with van der Waals surface area (Å²) in [7, 11) is 0. The maximum absolute atomic E-state index is 13.1. The van der Waals surface area contributed by atoms with Crippen molar-refractivity contribution in [2.75, 3.05) is 6.61 Å². The van der Waals surface area contributed by atoms with Crippen molar-refractivity contribution in [3.8, 4) is 5.75 Å². The van der Waals surface area contributed by atoms with Gasteiger partial charge in [0.15, 0.2) is 5.65 Å². The fourth-order valence-corrected chi connectivity index (χ4v) is 3.12. The van der Waals surface area contributed by atoms with Gasteiger partial charge in [-0.25, -0.2) is 9.97 Å². The molecule has 3 nitrogen and oxygen atoms in total. The molecule has 6 heteroatoms. The molecule has 2 aromatic rings. The second-order valence-corrected chi connectivity index (χ2v) is 5.69. The van der Waals surface area contributed by atoms with E-state index in [0.29, 0.717) is 24.2 Å². The Labute approximate surface area is 126 Å². The molecular weight excluding hydrogens is 293 g/mol. The third kappa shape index (κ3) is 3.15. The fourth-order valence-electron chi connectivity index (χ4n) is 3.12. The van der Waals surface area contributed by atoms with Crippen LogP contribution in [-0.2, 0) is 0 Å². The van der Waals surface area contributed by atoms with E-state index in [0.717, 1.165) is 11.8 Å². The van der Waals surface area contributed by atoms with Crippen LogP contribution in [0, 0.1) is 11.8 Å². The maximum Gasteiger partial charge on any atom is 0.392 e. The Kier molecular flexibility index (Phi) is 4.18. The highest BCUT2D eigenvalue weighted by Gasteiger charge is 2.45. The number of nitrogens with zero attached hydrogens (tertiary/aromatic N) is 2. The molecule has 118 valence electrons. The summed E-state index contributed by atoms with van der Waals surface area (Å²) >= 11 is 0. The van der Waals surface area contributed by atoms with Crippen LogP contribution >= 0.6 is 0 Å². The van der Waals surface area contributed by atoms with Crippen LogP contribution in [-0.4, -0.2) is 22.8 Å². The summed E-state index contributed by atoms with van der Waals surface area (Å²) in [5.74, 6) is -1.19. The van der Waals surface area contributed by atoms with Gasteiger partial charge < -0.3 is 4.74 Å². The van der Waals surface area contributed by atoms with Gasteiger partial charge in [0.2, 0.25) is 0 Å². The molecule has 1 aliphatic rings. The number of ether oxygens (including phenoxy) is 1. The highest BCUT2D eigenvalue weighted by atomic mass is 19.4. The minimum Gasteiger partial charge on any atom is -0.492 e. The quantitative estimate of drug-likeness (QED) is 0.844. The monoisotopic (exact) mass is 310 g/mol. The summed E-state index contributed by atoms with van der Waals surface area (Å²) in [6, 6.07) is 5.25. The summed E-state index contributed by atoms with van der Waals surface area (Å²) in [6.07, 6.45) is 1.28. The Morgan fingerprint density at radius 2 is 1.86 bits per heavy atom. The molecular formula is C16H17F3N2O. The Bertz CT molecular complexity index is 639. The van der Waals surface area contributed by atoms with Gasteiger partial charge in [-0.05, 0) is 31.0 Å². The molecule has 1 aliphatic carbocycles. The van der Waals surface area contributed by atoms with E-state index in [1.165, 1.54) is 0 Å². The Balaban J connectivity index is 1.75. The van der Waals surface area contributed by atoms with Gasteiger partial charge in [-0.2, -0.15) is 13.2 Å². The lowest BCUT2D eigenvalue weighted by atomic mass is 9.79. The van der Waals surface area contributed by atoms with Gasteiger partial charge in [0.25, 0.3) is 0 Å². The number of hydrogen-bond donors (Lipinski definition) is 0. The summed E-state index contributed by atoms with van der Waals surface area (Å²) in [5.41, 5.74) is 0.538. The fraction of sp³-hybridized carbons (Fsp3) is 0.500. The number of pyridine rings is 2. The smallest absolute Gasteiger partial charge is 0.392 e. The first-order chi connectivity index (χ1) is 10.6. The molecule has 2 heterocycles. The predicted octanol–water partition coefficient (Wildman–Crippen LogP) is 4.38. The molecule has 0 N–H and O–H groups in total. The number of alkyl halides is 3. The predicted molar refractivity (Wildman–Crippen MR) is 76.5 cm³/mol. The van der Waals surface area contributed by atoms with E-state index in [1.54, 1.807) is 24.5 Å². The first-order valence-electron chi connectivity index (χ1n) is 7.45. The lowest BCUT2D eigenvalue weighted by molar-refractivity contribution is -0.198. The van der Waals surface area contributed by atoms with Gasteiger partial charge >= 0.3 is 6.18 Å². The lowest BCUT2D eigenvalue weighted by Crippen LogP contribution is -2.36. The van der Waals surface area contributed by atoms with Crippen LogP contribution in [0.15, 0.2) is 30.6 Å². The normalized spacial score (nSPS) is 22.7. The molecule has 2 unspecified atom stereocenters. The van der Waals surface area contributed by atoms with E-state index in [2.05, 4.69) is 9.97 Å². The van der Waals surface area contributed by atoms with Crippen LogP contribution in [0.2, 0.25) is 0 Å². The molecule has 0 aromatic carbocycles. The molecule has 0 radical (unpaired) electrons. The molecule has 1 saturated carbocycles. The zero-order valence-electron chi connectivity index (χ0n) is 12.0. The molecule has 0 amide bonds. The van der Waals surface area contributed by atoms with Crippen LogP contribution in [0.5, 0.6) is 5.75 Å². The van der Waals surface area contributed by atoms with Crippen molar-refractivity contribution < 1.29 is 17.9 Å². The molecule has 0 bridgehead atoms. The molecule has 0 spiro atoms. The van der Waals surface area contributed by atoms with Gasteiger partial charge in [0.1, 0.15) is 5.75 Å². The van der Waals surface area contributed by atoms with Crippen molar-refractivity contribution in [2.24, 2.45) is 11.8 Å². The molecule has 2 aromatic heterocycles. The van der Waals surface area contributed by atoms with E-state index >= 15 is 0 Å². The van der Waals surface area contributed by atoms with Gasteiger partial charge in [-0.3, -0.25) is 0 Å². The average molecular weight is 310 g/mol. The summed E-state index contributed by atoms with van der Waals surface area (Å²) in [5, 5.41) is 0.726.